The third-order valence-corrected chi connectivity index (χ3v) is 4.91. The summed E-state index contributed by atoms with van der Waals surface area (Å²) < 4.78 is 0. The minimum atomic E-state index is -0.0452. The summed E-state index contributed by atoms with van der Waals surface area (Å²) in [7, 11) is 0. The Labute approximate surface area is 150 Å². The molecule has 126 valence electrons. The number of aryl methyl sites for hydroxylation is 1. The van der Waals surface area contributed by atoms with Crippen LogP contribution in [0.15, 0.2) is 79.4 Å². The van der Waals surface area contributed by atoms with Gasteiger partial charge in [0.1, 0.15) is 0 Å². The Morgan fingerprint density at radius 2 is 1.56 bits per heavy atom. The van der Waals surface area contributed by atoms with Crippen LogP contribution in [-0.4, -0.2) is 0 Å². The van der Waals surface area contributed by atoms with Crippen molar-refractivity contribution in [3.05, 3.63) is 102 Å². The quantitative estimate of drug-likeness (QED) is 0.604. The average Bonchev–Trinajstić information content (AvgIpc) is 2.64. The monoisotopic (exact) mass is 327 g/mol. The summed E-state index contributed by atoms with van der Waals surface area (Å²) in [5, 5.41) is 0. The molecule has 3 rings (SSSR count). The number of hydrogen-bond donors (Lipinski definition) is 1. The van der Waals surface area contributed by atoms with Gasteiger partial charge in [-0.3, -0.25) is 0 Å². The fraction of sp³-hybridized carbons (Fsp3) is 0.167. The van der Waals surface area contributed by atoms with Crippen molar-refractivity contribution in [2.75, 3.05) is 0 Å². The molecule has 1 atom stereocenters. The molecule has 1 nitrogen and oxygen atoms in total. The van der Waals surface area contributed by atoms with Crippen molar-refractivity contribution in [2.24, 2.45) is 5.73 Å². The van der Waals surface area contributed by atoms with Crippen LogP contribution in [0.2, 0.25) is 0 Å². The van der Waals surface area contributed by atoms with Crippen LogP contribution in [0.3, 0.4) is 0 Å². The van der Waals surface area contributed by atoms with Crippen LogP contribution < -0.4 is 5.73 Å². The second kappa shape index (κ2) is 7.50. The maximum absolute atomic E-state index is 6.53. The van der Waals surface area contributed by atoms with Crippen LogP contribution in [0, 0.1) is 13.8 Å². The predicted octanol–water partition coefficient (Wildman–Crippen LogP) is 6.07. The van der Waals surface area contributed by atoms with Gasteiger partial charge in [-0.15, -0.1) is 0 Å². The molecule has 0 saturated carbocycles. The third kappa shape index (κ3) is 3.72. The van der Waals surface area contributed by atoms with Crippen LogP contribution in [-0.2, 0) is 0 Å². The molecule has 0 aromatic heterocycles. The minimum Gasteiger partial charge on any atom is -0.324 e. The molecule has 3 aromatic carbocycles. The molecule has 0 saturated heterocycles. The summed E-state index contributed by atoms with van der Waals surface area (Å²) in [5.74, 6) is 0. The van der Waals surface area contributed by atoms with Gasteiger partial charge in [-0.2, -0.15) is 0 Å². The van der Waals surface area contributed by atoms with Gasteiger partial charge in [0.2, 0.25) is 0 Å². The van der Waals surface area contributed by atoms with Crippen LogP contribution in [0.5, 0.6) is 0 Å². The van der Waals surface area contributed by atoms with E-state index in [1.54, 1.807) is 0 Å². The third-order valence-electron chi connectivity index (χ3n) is 4.91. The average molecular weight is 327 g/mol. The Morgan fingerprint density at radius 1 is 0.880 bits per heavy atom. The maximum Gasteiger partial charge on any atom is 0.0338 e. The first-order valence-electron chi connectivity index (χ1n) is 8.72. The van der Waals surface area contributed by atoms with Gasteiger partial charge in [0, 0.05) is 6.04 Å². The van der Waals surface area contributed by atoms with Crippen molar-refractivity contribution < 1.29 is 0 Å². The highest BCUT2D eigenvalue weighted by Gasteiger charge is 2.14. The van der Waals surface area contributed by atoms with E-state index >= 15 is 0 Å². The largest absolute Gasteiger partial charge is 0.324 e. The van der Waals surface area contributed by atoms with Crippen molar-refractivity contribution in [1.29, 1.82) is 0 Å². The zero-order valence-electron chi connectivity index (χ0n) is 15.0. The molecule has 3 aromatic rings. The lowest BCUT2D eigenvalue weighted by Crippen LogP contribution is -2.13. The van der Waals surface area contributed by atoms with E-state index in [1.165, 1.54) is 33.4 Å². The van der Waals surface area contributed by atoms with Gasteiger partial charge in [0.05, 0.1) is 0 Å². The number of nitrogens with two attached hydrogens (primary N) is 1. The lowest BCUT2D eigenvalue weighted by atomic mass is 9.89. The van der Waals surface area contributed by atoms with Gasteiger partial charge < -0.3 is 5.73 Å². The second-order valence-corrected chi connectivity index (χ2v) is 6.61. The van der Waals surface area contributed by atoms with Crippen molar-refractivity contribution in [3.63, 3.8) is 0 Å². The minimum absolute atomic E-state index is 0.0452. The van der Waals surface area contributed by atoms with E-state index in [4.69, 9.17) is 5.73 Å². The molecule has 0 aliphatic carbocycles. The van der Waals surface area contributed by atoms with E-state index < -0.39 is 0 Å². The highest BCUT2D eigenvalue weighted by Crippen LogP contribution is 2.33. The van der Waals surface area contributed by atoms with Gasteiger partial charge in [-0.25, -0.2) is 0 Å². The molecule has 0 spiro atoms. The summed E-state index contributed by atoms with van der Waals surface area (Å²) in [6.45, 7) is 8.62. The van der Waals surface area contributed by atoms with Gasteiger partial charge in [0.25, 0.3) is 0 Å². The summed E-state index contributed by atoms with van der Waals surface area (Å²) >= 11 is 0. The molecule has 1 heteroatoms. The molecular weight excluding hydrogens is 302 g/mol. The van der Waals surface area contributed by atoms with E-state index in [1.807, 2.05) is 6.07 Å². The first-order chi connectivity index (χ1) is 12.1. The van der Waals surface area contributed by atoms with Gasteiger partial charge >= 0.3 is 0 Å². The van der Waals surface area contributed by atoms with Crippen LogP contribution >= 0.6 is 0 Å². The second-order valence-electron chi connectivity index (χ2n) is 6.61. The Morgan fingerprint density at radius 3 is 2.32 bits per heavy atom. The van der Waals surface area contributed by atoms with E-state index in [0.717, 1.165) is 12.0 Å². The smallest absolute Gasteiger partial charge is 0.0338 e. The van der Waals surface area contributed by atoms with Crippen LogP contribution in [0.1, 0.15) is 34.7 Å². The lowest BCUT2D eigenvalue weighted by Gasteiger charge is -2.19. The molecule has 0 bridgehead atoms. The zero-order chi connectivity index (χ0) is 17.8. The van der Waals surface area contributed by atoms with Gasteiger partial charge in [-0.05, 0) is 59.2 Å². The molecule has 0 aliphatic heterocycles. The Hall–Kier alpha value is -2.64. The van der Waals surface area contributed by atoms with Crippen molar-refractivity contribution in [3.8, 4) is 11.1 Å². The van der Waals surface area contributed by atoms with Gasteiger partial charge in [-0.1, -0.05) is 79.4 Å². The molecule has 0 aliphatic rings. The lowest BCUT2D eigenvalue weighted by molar-refractivity contribution is 0.744. The van der Waals surface area contributed by atoms with Crippen molar-refractivity contribution >= 4 is 5.57 Å². The molecule has 25 heavy (non-hydrogen) atoms. The molecule has 0 heterocycles. The first kappa shape index (κ1) is 17.2. The number of hydrogen-bond acceptors (Lipinski definition) is 1. The SMILES string of the molecule is C=C(CC(N)c1cccc(C)c1C)c1ccccc1-c1ccccc1. The molecule has 0 fully saturated rings. The fourth-order valence-electron chi connectivity index (χ4n) is 3.32. The normalized spacial score (nSPS) is 12.0. The highest BCUT2D eigenvalue weighted by atomic mass is 14.6. The topological polar surface area (TPSA) is 26.0 Å². The standard InChI is InChI=1S/C24H25N/c1-17-10-9-15-22(19(17)3)24(25)16-18(2)21-13-7-8-14-23(21)20-11-5-4-6-12-20/h4-15,24H,2,16,25H2,1,3H3. The summed E-state index contributed by atoms with van der Waals surface area (Å²) in [6.07, 6.45) is 0.744. The van der Waals surface area contributed by atoms with Crippen molar-refractivity contribution in [1.82, 2.24) is 0 Å². The molecule has 2 N–H and O–H groups in total. The van der Waals surface area contributed by atoms with E-state index in [2.05, 4.69) is 87.2 Å². The fourth-order valence-corrected chi connectivity index (χ4v) is 3.32. The Balaban J connectivity index is 1.88. The maximum atomic E-state index is 6.53. The van der Waals surface area contributed by atoms with Crippen LogP contribution in [0.4, 0.5) is 0 Å². The van der Waals surface area contributed by atoms with E-state index in [9.17, 15) is 0 Å². The summed E-state index contributed by atoms with van der Waals surface area (Å²) in [5.41, 5.74) is 15.0. The Kier molecular flexibility index (Phi) is 5.16. The van der Waals surface area contributed by atoms with Gasteiger partial charge in [0.15, 0.2) is 0 Å². The summed E-state index contributed by atoms with van der Waals surface area (Å²) in [4.78, 5) is 0. The number of rotatable bonds is 5. The van der Waals surface area contributed by atoms with E-state index in [0.29, 0.717) is 0 Å². The summed E-state index contributed by atoms with van der Waals surface area (Å²) in [6, 6.07) is 25.2. The predicted molar refractivity (Wildman–Crippen MR) is 108 cm³/mol. The number of benzene rings is 3. The van der Waals surface area contributed by atoms with Crippen molar-refractivity contribution in [2.45, 2.75) is 26.3 Å². The zero-order valence-corrected chi connectivity index (χ0v) is 15.0. The van der Waals surface area contributed by atoms with Crippen LogP contribution in [0.25, 0.3) is 16.7 Å². The Bertz CT molecular complexity index is 878. The highest BCUT2D eigenvalue weighted by molar-refractivity contribution is 5.80. The molecule has 1 unspecified atom stereocenters. The first-order valence-corrected chi connectivity index (χ1v) is 8.72. The molecule has 0 amide bonds. The molecular formula is C24H25N. The molecule has 0 radical (unpaired) electrons. The van der Waals surface area contributed by atoms with E-state index in [-0.39, 0.29) is 6.04 Å².